The highest BCUT2D eigenvalue weighted by Crippen LogP contribution is 2.36. The third-order valence-electron chi connectivity index (χ3n) is 2.98. The minimum atomic E-state index is -0.759. The van der Waals surface area contributed by atoms with Crippen LogP contribution in [0.15, 0.2) is 30.3 Å². The number of nitrogens with zero attached hydrogens (tertiary/aromatic N) is 1. The molecule has 0 aliphatic carbocycles. The first-order chi connectivity index (χ1) is 9.60. The second kappa shape index (κ2) is 4.48. The summed E-state index contributed by atoms with van der Waals surface area (Å²) in [6.07, 6.45) is 0. The molecule has 0 aliphatic heterocycles. The summed E-state index contributed by atoms with van der Waals surface area (Å²) in [7, 11) is 1.42. The van der Waals surface area contributed by atoms with Crippen molar-refractivity contribution < 1.29 is 18.6 Å². The van der Waals surface area contributed by atoms with Gasteiger partial charge in [0.1, 0.15) is 17.2 Å². The first-order valence-corrected chi connectivity index (χ1v) is 5.81. The van der Waals surface area contributed by atoms with E-state index in [2.05, 4.69) is 9.97 Å². The first kappa shape index (κ1) is 12.4. The summed E-state index contributed by atoms with van der Waals surface area (Å²) in [4.78, 5) is 6.83. The number of ether oxygens (including phenoxy) is 1. The van der Waals surface area contributed by atoms with Gasteiger partial charge in [0.05, 0.1) is 18.2 Å². The zero-order chi connectivity index (χ0) is 14.3. The Morgan fingerprint density at radius 3 is 2.80 bits per heavy atom. The molecule has 2 aromatic carbocycles. The molecule has 0 atom stereocenters. The number of fused-ring (bicyclic) bond motifs is 1. The van der Waals surface area contributed by atoms with Crippen LogP contribution in [0.4, 0.5) is 8.78 Å². The number of halogens is 2. The summed E-state index contributed by atoms with van der Waals surface area (Å²) in [5.41, 5.74) is 0.587. The molecule has 20 heavy (non-hydrogen) atoms. The van der Waals surface area contributed by atoms with E-state index >= 15 is 0 Å². The zero-order valence-electron chi connectivity index (χ0n) is 10.4. The minimum Gasteiger partial charge on any atom is -0.504 e. The van der Waals surface area contributed by atoms with Crippen molar-refractivity contribution in [3.8, 4) is 22.9 Å². The van der Waals surface area contributed by atoms with Crippen LogP contribution in [-0.4, -0.2) is 22.2 Å². The van der Waals surface area contributed by atoms with Crippen molar-refractivity contribution in [2.45, 2.75) is 0 Å². The number of H-pyrrole nitrogens is 1. The van der Waals surface area contributed by atoms with E-state index in [1.54, 1.807) is 18.2 Å². The van der Waals surface area contributed by atoms with Crippen LogP contribution in [0.3, 0.4) is 0 Å². The van der Waals surface area contributed by atoms with Gasteiger partial charge in [-0.1, -0.05) is 6.07 Å². The molecular formula is C14H10F2N2O2. The summed E-state index contributed by atoms with van der Waals surface area (Å²) in [6.45, 7) is 0. The highest BCUT2D eigenvalue weighted by Gasteiger charge is 2.15. The zero-order valence-corrected chi connectivity index (χ0v) is 10.4. The van der Waals surface area contributed by atoms with Gasteiger partial charge in [-0.05, 0) is 18.2 Å². The van der Waals surface area contributed by atoms with Gasteiger partial charge in [-0.2, -0.15) is 0 Å². The number of nitrogens with one attached hydrogen (secondary N) is 1. The number of methoxy groups -OCH3 is 1. The van der Waals surface area contributed by atoms with Gasteiger partial charge in [-0.15, -0.1) is 0 Å². The SMILES string of the molecule is COc1cccc(-c2nc3c(F)cc(F)cc3[nH]2)c1O. The molecule has 1 heterocycles. The van der Waals surface area contributed by atoms with Crippen molar-refractivity contribution in [1.82, 2.24) is 9.97 Å². The number of phenols is 1. The Balaban J connectivity index is 2.23. The van der Waals surface area contributed by atoms with Gasteiger partial charge >= 0.3 is 0 Å². The average molecular weight is 276 g/mol. The van der Waals surface area contributed by atoms with E-state index in [0.29, 0.717) is 5.56 Å². The average Bonchev–Trinajstić information content (AvgIpc) is 2.83. The monoisotopic (exact) mass is 276 g/mol. The fourth-order valence-corrected chi connectivity index (χ4v) is 2.05. The normalized spacial score (nSPS) is 10.9. The highest BCUT2D eigenvalue weighted by molar-refractivity contribution is 5.81. The van der Waals surface area contributed by atoms with E-state index < -0.39 is 11.6 Å². The molecule has 3 rings (SSSR count). The van der Waals surface area contributed by atoms with Gasteiger partial charge in [-0.25, -0.2) is 13.8 Å². The molecule has 0 fully saturated rings. The largest absolute Gasteiger partial charge is 0.504 e. The Bertz CT molecular complexity index is 799. The maximum atomic E-state index is 13.6. The van der Waals surface area contributed by atoms with Crippen molar-refractivity contribution >= 4 is 11.0 Å². The fraction of sp³-hybridized carbons (Fsp3) is 0.0714. The highest BCUT2D eigenvalue weighted by atomic mass is 19.1. The second-order valence-electron chi connectivity index (χ2n) is 4.23. The van der Waals surface area contributed by atoms with Crippen LogP contribution in [0.2, 0.25) is 0 Å². The summed E-state index contributed by atoms with van der Waals surface area (Å²) in [6, 6.07) is 6.76. The lowest BCUT2D eigenvalue weighted by molar-refractivity contribution is 0.374. The Morgan fingerprint density at radius 2 is 2.05 bits per heavy atom. The number of aromatic nitrogens is 2. The predicted octanol–water partition coefficient (Wildman–Crippen LogP) is 3.22. The van der Waals surface area contributed by atoms with Crippen molar-refractivity contribution in [2.75, 3.05) is 7.11 Å². The predicted molar refractivity (Wildman–Crippen MR) is 69.7 cm³/mol. The van der Waals surface area contributed by atoms with E-state index in [1.165, 1.54) is 7.11 Å². The molecule has 0 saturated carbocycles. The number of benzene rings is 2. The Labute approximate surface area is 112 Å². The van der Waals surface area contributed by atoms with E-state index in [9.17, 15) is 13.9 Å². The van der Waals surface area contributed by atoms with Gasteiger partial charge in [0.2, 0.25) is 0 Å². The Hall–Kier alpha value is -2.63. The van der Waals surface area contributed by atoms with Crippen molar-refractivity contribution in [3.63, 3.8) is 0 Å². The number of para-hydroxylation sites is 1. The molecule has 0 aliphatic rings. The smallest absolute Gasteiger partial charge is 0.168 e. The molecule has 4 nitrogen and oxygen atoms in total. The van der Waals surface area contributed by atoms with Crippen LogP contribution in [0.25, 0.3) is 22.4 Å². The van der Waals surface area contributed by atoms with Gasteiger partial charge < -0.3 is 14.8 Å². The lowest BCUT2D eigenvalue weighted by atomic mass is 10.2. The number of hydrogen-bond donors (Lipinski definition) is 2. The molecule has 0 spiro atoms. The van der Waals surface area contributed by atoms with Crippen molar-refractivity contribution in [2.24, 2.45) is 0 Å². The quantitative estimate of drug-likeness (QED) is 0.755. The first-order valence-electron chi connectivity index (χ1n) is 5.81. The number of phenolic OH excluding ortho intramolecular Hbond substituents is 1. The molecule has 6 heteroatoms. The third kappa shape index (κ3) is 1.85. The van der Waals surface area contributed by atoms with Crippen LogP contribution < -0.4 is 4.74 Å². The van der Waals surface area contributed by atoms with Gasteiger partial charge in [0, 0.05) is 6.07 Å². The summed E-state index contributed by atoms with van der Waals surface area (Å²) >= 11 is 0. The molecule has 0 bridgehead atoms. The maximum Gasteiger partial charge on any atom is 0.168 e. The van der Waals surface area contributed by atoms with Crippen LogP contribution >= 0.6 is 0 Å². The molecule has 0 saturated heterocycles. The summed E-state index contributed by atoms with van der Waals surface area (Å²) in [5.74, 6) is -1.06. The van der Waals surface area contributed by atoms with E-state index in [-0.39, 0.29) is 28.4 Å². The van der Waals surface area contributed by atoms with Crippen LogP contribution in [0.1, 0.15) is 0 Å². The molecule has 102 valence electrons. The number of aromatic amines is 1. The van der Waals surface area contributed by atoms with Gasteiger partial charge in [-0.3, -0.25) is 0 Å². The molecule has 0 amide bonds. The van der Waals surface area contributed by atoms with E-state index in [4.69, 9.17) is 4.74 Å². The standard InChI is InChI=1S/C14H10F2N2O2/c1-20-11-4-2-3-8(13(11)19)14-17-10-6-7(15)5-9(16)12(10)18-14/h2-6,19H,1H3,(H,17,18). The second-order valence-corrected chi connectivity index (χ2v) is 4.23. The summed E-state index contributed by atoms with van der Waals surface area (Å²) < 4.78 is 31.8. The number of rotatable bonds is 2. The fourth-order valence-electron chi connectivity index (χ4n) is 2.05. The molecule has 2 N–H and O–H groups in total. The van der Waals surface area contributed by atoms with Crippen molar-refractivity contribution in [1.29, 1.82) is 0 Å². The lowest BCUT2D eigenvalue weighted by Crippen LogP contribution is -1.87. The topological polar surface area (TPSA) is 58.1 Å². The summed E-state index contributed by atoms with van der Waals surface area (Å²) in [5, 5.41) is 10.0. The van der Waals surface area contributed by atoms with E-state index in [0.717, 1.165) is 12.1 Å². The van der Waals surface area contributed by atoms with Gasteiger partial charge in [0.25, 0.3) is 0 Å². The molecule has 0 radical (unpaired) electrons. The Kier molecular flexibility index (Phi) is 2.78. The molecular weight excluding hydrogens is 266 g/mol. The molecule has 1 aromatic heterocycles. The van der Waals surface area contributed by atoms with Crippen molar-refractivity contribution in [3.05, 3.63) is 42.0 Å². The third-order valence-corrected chi connectivity index (χ3v) is 2.98. The number of aromatic hydroxyl groups is 1. The van der Waals surface area contributed by atoms with Crippen LogP contribution in [-0.2, 0) is 0 Å². The van der Waals surface area contributed by atoms with Crippen LogP contribution in [0, 0.1) is 11.6 Å². The van der Waals surface area contributed by atoms with Gasteiger partial charge in [0.15, 0.2) is 17.3 Å². The number of hydrogen-bond acceptors (Lipinski definition) is 3. The Morgan fingerprint density at radius 1 is 1.25 bits per heavy atom. The molecule has 3 aromatic rings. The maximum absolute atomic E-state index is 13.6. The molecule has 0 unspecified atom stereocenters. The number of imidazole rings is 1. The minimum absolute atomic E-state index is 0.0172. The lowest BCUT2D eigenvalue weighted by Gasteiger charge is -2.06. The van der Waals surface area contributed by atoms with Crippen LogP contribution in [0.5, 0.6) is 11.5 Å². The van der Waals surface area contributed by atoms with E-state index in [1.807, 2.05) is 0 Å².